The summed E-state index contributed by atoms with van der Waals surface area (Å²) in [6, 6.07) is 6.00. The molecule has 0 aromatic carbocycles. The summed E-state index contributed by atoms with van der Waals surface area (Å²) in [4.78, 5) is 26.2. The van der Waals surface area contributed by atoms with Crippen molar-refractivity contribution in [3.05, 3.63) is 40.0 Å². The van der Waals surface area contributed by atoms with Crippen molar-refractivity contribution in [3.8, 4) is 6.07 Å². The molecule has 2 aromatic heterocycles. The highest BCUT2D eigenvalue weighted by Gasteiger charge is 2.35. The number of anilines is 1. The van der Waals surface area contributed by atoms with Crippen LogP contribution in [0.4, 0.5) is 5.82 Å². The quantitative estimate of drug-likeness (QED) is 0.862. The van der Waals surface area contributed by atoms with Crippen LogP contribution in [0, 0.1) is 18.3 Å². The highest BCUT2D eigenvalue weighted by atomic mass is 32.1. The van der Waals surface area contributed by atoms with E-state index in [-0.39, 0.29) is 11.9 Å². The molecule has 1 amide bonds. The van der Waals surface area contributed by atoms with Crippen LogP contribution < -0.4 is 4.90 Å². The predicted molar refractivity (Wildman–Crippen MR) is 83.9 cm³/mol. The van der Waals surface area contributed by atoms with Gasteiger partial charge in [-0.2, -0.15) is 5.26 Å². The first kappa shape index (κ1) is 14.5. The number of hydrogen-bond acceptors (Lipinski definition) is 6. The van der Waals surface area contributed by atoms with Gasteiger partial charge in [0.15, 0.2) is 11.5 Å². The van der Waals surface area contributed by atoms with Gasteiger partial charge in [0.25, 0.3) is 5.91 Å². The molecule has 112 valence electrons. The van der Waals surface area contributed by atoms with Crippen molar-refractivity contribution >= 4 is 23.1 Å². The van der Waals surface area contributed by atoms with Gasteiger partial charge in [0.1, 0.15) is 6.07 Å². The molecule has 0 atom stereocenters. The smallest absolute Gasteiger partial charge is 0.264 e. The molecule has 1 fully saturated rings. The Morgan fingerprint density at radius 3 is 2.77 bits per heavy atom. The van der Waals surface area contributed by atoms with Gasteiger partial charge in [-0.1, -0.05) is 0 Å². The third-order valence-corrected chi connectivity index (χ3v) is 4.75. The standard InChI is InChI=1S/C15H15N5OS/c1-10-3-4-13(22-10)15(21)19(2)11-8-20(9-11)14-12(7-16)17-5-6-18-14/h3-6,11H,8-9H2,1-2H3. The van der Waals surface area contributed by atoms with Crippen molar-refractivity contribution < 1.29 is 4.79 Å². The minimum atomic E-state index is 0.0439. The van der Waals surface area contributed by atoms with E-state index in [4.69, 9.17) is 5.26 Å². The molecule has 1 aliphatic heterocycles. The van der Waals surface area contributed by atoms with E-state index >= 15 is 0 Å². The monoisotopic (exact) mass is 313 g/mol. The van der Waals surface area contributed by atoms with Crippen molar-refractivity contribution in [1.29, 1.82) is 5.26 Å². The van der Waals surface area contributed by atoms with Crippen molar-refractivity contribution in [1.82, 2.24) is 14.9 Å². The second-order valence-electron chi connectivity index (χ2n) is 5.23. The molecule has 3 rings (SSSR count). The number of likely N-dealkylation sites (N-methyl/N-ethyl adjacent to an activating group) is 1. The van der Waals surface area contributed by atoms with E-state index in [0.29, 0.717) is 24.6 Å². The van der Waals surface area contributed by atoms with Crippen molar-refractivity contribution in [2.45, 2.75) is 13.0 Å². The van der Waals surface area contributed by atoms with E-state index in [9.17, 15) is 4.79 Å². The number of nitriles is 1. The van der Waals surface area contributed by atoms with E-state index in [1.807, 2.05) is 37.1 Å². The summed E-state index contributed by atoms with van der Waals surface area (Å²) in [5.74, 6) is 0.636. The Kier molecular flexibility index (Phi) is 3.77. The number of thiophene rings is 1. The van der Waals surface area contributed by atoms with Gasteiger partial charge in [-0.15, -0.1) is 11.3 Å². The number of hydrogen-bond donors (Lipinski definition) is 0. The summed E-state index contributed by atoms with van der Waals surface area (Å²) in [5, 5.41) is 9.06. The van der Waals surface area contributed by atoms with Gasteiger partial charge in [0.2, 0.25) is 0 Å². The molecular formula is C15H15N5OS. The summed E-state index contributed by atoms with van der Waals surface area (Å²) in [6.45, 7) is 3.32. The zero-order chi connectivity index (χ0) is 15.7. The van der Waals surface area contributed by atoms with Crippen LogP contribution in [-0.2, 0) is 0 Å². The van der Waals surface area contributed by atoms with E-state index in [1.54, 1.807) is 11.1 Å². The minimum Gasteiger partial charge on any atom is -0.350 e. The molecule has 0 N–H and O–H groups in total. The van der Waals surface area contributed by atoms with Gasteiger partial charge in [-0.25, -0.2) is 9.97 Å². The summed E-state index contributed by atoms with van der Waals surface area (Å²) in [6.07, 6.45) is 3.08. The van der Waals surface area contributed by atoms with Gasteiger partial charge in [-0.3, -0.25) is 4.79 Å². The summed E-state index contributed by atoms with van der Waals surface area (Å²) >= 11 is 1.51. The molecule has 1 saturated heterocycles. The van der Waals surface area contributed by atoms with Crippen LogP contribution in [0.5, 0.6) is 0 Å². The van der Waals surface area contributed by atoms with Gasteiger partial charge in [0, 0.05) is 37.4 Å². The number of rotatable bonds is 3. The summed E-state index contributed by atoms with van der Waals surface area (Å²) in [5.41, 5.74) is 0.323. The highest BCUT2D eigenvalue weighted by molar-refractivity contribution is 7.13. The van der Waals surface area contributed by atoms with Crippen LogP contribution >= 0.6 is 11.3 Å². The van der Waals surface area contributed by atoms with Gasteiger partial charge >= 0.3 is 0 Å². The minimum absolute atomic E-state index is 0.0439. The lowest BCUT2D eigenvalue weighted by atomic mass is 10.1. The molecule has 22 heavy (non-hydrogen) atoms. The maximum Gasteiger partial charge on any atom is 0.264 e. The van der Waals surface area contributed by atoms with Crippen LogP contribution in [-0.4, -0.2) is 47.0 Å². The Balaban J connectivity index is 1.66. The molecule has 7 heteroatoms. The zero-order valence-electron chi connectivity index (χ0n) is 12.4. The number of aromatic nitrogens is 2. The second kappa shape index (κ2) is 5.73. The Labute approximate surface area is 132 Å². The number of aryl methyl sites for hydroxylation is 1. The molecule has 2 aromatic rings. The van der Waals surface area contributed by atoms with E-state index < -0.39 is 0 Å². The predicted octanol–water partition coefficient (Wildman–Crippen LogP) is 1.68. The van der Waals surface area contributed by atoms with Crippen LogP contribution in [0.3, 0.4) is 0 Å². The molecule has 0 spiro atoms. The molecule has 1 aliphatic rings. The lowest BCUT2D eigenvalue weighted by Crippen LogP contribution is -2.60. The second-order valence-corrected chi connectivity index (χ2v) is 6.51. The Bertz CT molecular complexity index is 744. The van der Waals surface area contributed by atoms with E-state index in [2.05, 4.69) is 9.97 Å². The van der Waals surface area contributed by atoms with Crippen LogP contribution in [0.25, 0.3) is 0 Å². The molecule has 0 bridgehead atoms. The van der Waals surface area contributed by atoms with Crippen molar-refractivity contribution in [2.75, 3.05) is 25.0 Å². The van der Waals surface area contributed by atoms with Gasteiger partial charge in [-0.05, 0) is 19.1 Å². The van der Waals surface area contributed by atoms with Crippen LogP contribution in [0.2, 0.25) is 0 Å². The molecule has 0 radical (unpaired) electrons. The normalized spacial score (nSPS) is 14.3. The number of nitrogens with zero attached hydrogens (tertiary/aromatic N) is 5. The molecule has 3 heterocycles. The Morgan fingerprint density at radius 2 is 2.14 bits per heavy atom. The number of carbonyl (C=O) groups excluding carboxylic acids is 1. The SMILES string of the molecule is Cc1ccc(C(=O)N(C)C2CN(c3nccnc3C#N)C2)s1. The topological polar surface area (TPSA) is 73.1 Å². The Morgan fingerprint density at radius 1 is 1.41 bits per heavy atom. The zero-order valence-corrected chi connectivity index (χ0v) is 13.2. The summed E-state index contributed by atoms with van der Waals surface area (Å²) in [7, 11) is 1.82. The third-order valence-electron chi connectivity index (χ3n) is 3.77. The maximum atomic E-state index is 12.4. The number of amides is 1. The van der Waals surface area contributed by atoms with Crippen LogP contribution in [0.1, 0.15) is 20.2 Å². The first-order chi connectivity index (χ1) is 10.6. The fourth-order valence-corrected chi connectivity index (χ4v) is 3.25. The van der Waals surface area contributed by atoms with Gasteiger partial charge < -0.3 is 9.80 Å². The van der Waals surface area contributed by atoms with Crippen molar-refractivity contribution in [2.24, 2.45) is 0 Å². The lowest BCUT2D eigenvalue weighted by Gasteiger charge is -2.44. The first-order valence-electron chi connectivity index (χ1n) is 6.90. The van der Waals surface area contributed by atoms with E-state index in [1.165, 1.54) is 17.5 Å². The molecule has 6 nitrogen and oxygen atoms in total. The van der Waals surface area contributed by atoms with E-state index in [0.717, 1.165) is 9.75 Å². The average molecular weight is 313 g/mol. The first-order valence-corrected chi connectivity index (χ1v) is 7.71. The molecular weight excluding hydrogens is 298 g/mol. The highest BCUT2D eigenvalue weighted by Crippen LogP contribution is 2.25. The van der Waals surface area contributed by atoms with Gasteiger partial charge in [0.05, 0.1) is 10.9 Å². The van der Waals surface area contributed by atoms with Crippen molar-refractivity contribution in [3.63, 3.8) is 0 Å². The Hall–Kier alpha value is -2.46. The molecule has 0 aliphatic carbocycles. The fraction of sp³-hybridized carbons (Fsp3) is 0.333. The molecule has 0 unspecified atom stereocenters. The lowest BCUT2D eigenvalue weighted by molar-refractivity contribution is 0.0710. The fourth-order valence-electron chi connectivity index (χ4n) is 2.40. The maximum absolute atomic E-state index is 12.4. The van der Waals surface area contributed by atoms with Crippen LogP contribution in [0.15, 0.2) is 24.5 Å². The molecule has 0 saturated carbocycles. The third kappa shape index (κ3) is 2.53. The number of carbonyl (C=O) groups is 1. The summed E-state index contributed by atoms with van der Waals surface area (Å²) < 4.78 is 0. The average Bonchev–Trinajstić information content (AvgIpc) is 2.92. The largest absolute Gasteiger partial charge is 0.350 e.